The summed E-state index contributed by atoms with van der Waals surface area (Å²) in [5, 5.41) is 2.75. The highest BCUT2D eigenvalue weighted by molar-refractivity contribution is 6.14. The molecular weight excluding hydrogens is 532 g/mol. The van der Waals surface area contributed by atoms with Gasteiger partial charge in [-0.25, -0.2) is 0 Å². The Morgan fingerprint density at radius 2 is 1.52 bits per heavy atom. The van der Waals surface area contributed by atoms with E-state index < -0.39 is 0 Å². The molecule has 0 bridgehead atoms. The van der Waals surface area contributed by atoms with Crippen molar-refractivity contribution in [2.45, 2.75) is 37.1 Å². The second-order valence-corrected chi connectivity index (χ2v) is 13.4. The van der Waals surface area contributed by atoms with Crippen LogP contribution in [0.2, 0.25) is 0 Å². The van der Waals surface area contributed by atoms with E-state index in [9.17, 15) is 0 Å². The number of aromatic nitrogens is 2. The molecule has 3 heterocycles. The van der Waals surface area contributed by atoms with E-state index in [1.54, 1.807) is 16.7 Å². The minimum atomic E-state index is -0.270. The van der Waals surface area contributed by atoms with E-state index in [1.165, 1.54) is 80.1 Å². The summed E-state index contributed by atoms with van der Waals surface area (Å²) in [4.78, 5) is 0. The lowest BCUT2D eigenvalue weighted by molar-refractivity contribution is -0.750. The number of hydrogen-bond donors (Lipinski definition) is 0. The second-order valence-electron chi connectivity index (χ2n) is 13.4. The smallest absolute Gasteiger partial charge is 0.226 e. The van der Waals surface area contributed by atoms with Crippen LogP contribution in [0.1, 0.15) is 53.0 Å². The summed E-state index contributed by atoms with van der Waals surface area (Å²) in [5.74, 6) is 1.09. The molecule has 0 spiro atoms. The van der Waals surface area contributed by atoms with Crippen molar-refractivity contribution in [3.05, 3.63) is 155 Å². The Morgan fingerprint density at radius 1 is 0.682 bits per heavy atom. The van der Waals surface area contributed by atoms with Crippen molar-refractivity contribution in [1.82, 2.24) is 4.57 Å². The topological polar surface area (TPSA) is 8.81 Å². The SMILES string of the molecule is c1ccc(-c2ccc[n+](C34c5c(cccc5-n5c6ccccc6c6cc7c(c3c65)Cc3ccccc3-7)C3CCCC34)c2)cc1. The van der Waals surface area contributed by atoms with Crippen LogP contribution in [0.25, 0.3) is 49.7 Å². The number of para-hydroxylation sites is 1. The summed E-state index contributed by atoms with van der Waals surface area (Å²) in [6.07, 6.45) is 9.67. The molecule has 0 N–H and O–H groups in total. The van der Waals surface area contributed by atoms with Crippen LogP contribution in [0.3, 0.4) is 0 Å². The minimum Gasteiger partial charge on any atom is -0.308 e. The molecule has 3 unspecified atom stereocenters. The summed E-state index contributed by atoms with van der Waals surface area (Å²) >= 11 is 0. The van der Waals surface area contributed by atoms with Gasteiger partial charge in [0, 0.05) is 28.3 Å². The quantitative estimate of drug-likeness (QED) is 0.185. The van der Waals surface area contributed by atoms with Gasteiger partial charge >= 0.3 is 0 Å². The molecule has 0 saturated heterocycles. The van der Waals surface area contributed by atoms with Gasteiger partial charge in [0.05, 0.1) is 27.8 Å². The standard InChI is InChI=1S/C42H31N2/c1-2-11-26(12-3-1)28-14-10-22-43(25-28)42-36-19-8-17-30(36)32-18-9-21-38(39(32)42)44-37-20-7-6-16-31(37)35-24-33-29-15-5-4-13-27(29)23-34(33)40(42)41(35)44/h1-7,9-16,18,20-22,24-25,30,36H,8,17,19,23H2/q+1. The molecule has 1 aliphatic heterocycles. The zero-order valence-electron chi connectivity index (χ0n) is 24.5. The van der Waals surface area contributed by atoms with Gasteiger partial charge in [-0.2, -0.15) is 4.57 Å². The number of pyridine rings is 1. The predicted octanol–water partition coefficient (Wildman–Crippen LogP) is 9.31. The molecule has 1 fully saturated rings. The maximum absolute atomic E-state index is 2.67. The highest BCUT2D eigenvalue weighted by atomic mass is 15.1. The summed E-state index contributed by atoms with van der Waals surface area (Å²) in [7, 11) is 0. The van der Waals surface area contributed by atoms with E-state index in [2.05, 4.69) is 137 Å². The predicted molar refractivity (Wildman–Crippen MR) is 177 cm³/mol. The molecule has 3 atom stereocenters. The molecule has 2 heteroatoms. The van der Waals surface area contributed by atoms with Crippen LogP contribution in [0.15, 0.2) is 128 Å². The normalized spacial score (nSPS) is 21.8. The van der Waals surface area contributed by atoms with Gasteiger partial charge < -0.3 is 4.57 Å². The highest BCUT2D eigenvalue weighted by Crippen LogP contribution is 2.65. The molecule has 4 aliphatic rings. The fourth-order valence-electron chi connectivity index (χ4n) is 10.1. The number of benzene rings is 5. The third-order valence-corrected chi connectivity index (χ3v) is 11.6. The zero-order valence-corrected chi connectivity index (χ0v) is 24.5. The summed E-state index contributed by atoms with van der Waals surface area (Å²) < 4.78 is 5.32. The Morgan fingerprint density at radius 3 is 2.48 bits per heavy atom. The number of nitrogens with zero attached hydrogens (tertiary/aromatic N) is 2. The first-order valence-corrected chi connectivity index (χ1v) is 16.2. The van der Waals surface area contributed by atoms with E-state index >= 15 is 0 Å². The lowest BCUT2D eigenvalue weighted by Crippen LogP contribution is -2.61. The molecule has 3 aliphatic carbocycles. The van der Waals surface area contributed by atoms with E-state index in [-0.39, 0.29) is 5.54 Å². The van der Waals surface area contributed by atoms with Crippen LogP contribution in [0.4, 0.5) is 0 Å². The molecule has 5 aromatic carbocycles. The molecule has 7 aromatic rings. The van der Waals surface area contributed by atoms with E-state index in [1.807, 2.05) is 0 Å². The largest absolute Gasteiger partial charge is 0.308 e. The average Bonchev–Trinajstić information content (AvgIpc) is 3.85. The van der Waals surface area contributed by atoms with Crippen LogP contribution in [0, 0.1) is 5.92 Å². The first-order chi connectivity index (χ1) is 21.8. The molecule has 2 nitrogen and oxygen atoms in total. The minimum absolute atomic E-state index is 0.270. The van der Waals surface area contributed by atoms with Crippen molar-refractivity contribution in [1.29, 1.82) is 0 Å². The Kier molecular flexibility index (Phi) is 4.35. The van der Waals surface area contributed by atoms with E-state index in [4.69, 9.17) is 0 Å². The van der Waals surface area contributed by atoms with Gasteiger partial charge in [0.2, 0.25) is 5.54 Å². The zero-order chi connectivity index (χ0) is 28.6. The highest BCUT2D eigenvalue weighted by Gasteiger charge is 2.65. The number of rotatable bonds is 2. The lowest BCUT2D eigenvalue weighted by Gasteiger charge is -2.38. The molecule has 2 aromatic heterocycles. The van der Waals surface area contributed by atoms with Crippen LogP contribution >= 0.6 is 0 Å². The van der Waals surface area contributed by atoms with Crippen molar-refractivity contribution >= 4 is 21.8 Å². The van der Waals surface area contributed by atoms with E-state index in [0.717, 1.165) is 6.42 Å². The third-order valence-electron chi connectivity index (χ3n) is 11.6. The van der Waals surface area contributed by atoms with Crippen LogP contribution in [-0.4, -0.2) is 4.57 Å². The molecule has 0 amide bonds. The Balaban J connectivity index is 1.37. The molecule has 0 radical (unpaired) electrons. The Bertz CT molecular complexity index is 2360. The number of fused-ring (bicyclic) bond motifs is 12. The van der Waals surface area contributed by atoms with E-state index in [0.29, 0.717) is 11.8 Å². The maximum Gasteiger partial charge on any atom is 0.226 e. The van der Waals surface area contributed by atoms with Crippen LogP contribution < -0.4 is 4.57 Å². The van der Waals surface area contributed by atoms with Crippen LogP contribution in [0.5, 0.6) is 0 Å². The Labute approximate surface area is 256 Å². The number of hydrogen-bond acceptors (Lipinski definition) is 0. The first-order valence-electron chi connectivity index (χ1n) is 16.2. The molecule has 11 rings (SSSR count). The molecule has 208 valence electrons. The first kappa shape index (κ1) is 23.5. The Hall–Kier alpha value is -4.95. The van der Waals surface area contributed by atoms with Crippen molar-refractivity contribution < 1.29 is 4.57 Å². The second kappa shape index (κ2) is 8.15. The molecular formula is C42H31N2+. The van der Waals surface area contributed by atoms with Gasteiger partial charge in [0.25, 0.3) is 0 Å². The van der Waals surface area contributed by atoms with Gasteiger partial charge in [-0.3, -0.25) is 0 Å². The van der Waals surface area contributed by atoms with Crippen molar-refractivity contribution in [2.75, 3.05) is 0 Å². The van der Waals surface area contributed by atoms with Gasteiger partial charge in [-0.1, -0.05) is 91.3 Å². The summed E-state index contributed by atoms with van der Waals surface area (Å²) in [6, 6.07) is 43.5. The third kappa shape index (κ3) is 2.64. The van der Waals surface area contributed by atoms with Gasteiger partial charge in [0.1, 0.15) is 0 Å². The monoisotopic (exact) mass is 563 g/mol. The van der Waals surface area contributed by atoms with Gasteiger partial charge in [0.15, 0.2) is 12.4 Å². The summed E-state index contributed by atoms with van der Waals surface area (Å²) in [5.41, 5.74) is 16.9. The van der Waals surface area contributed by atoms with Gasteiger partial charge in [-0.15, -0.1) is 0 Å². The average molecular weight is 564 g/mol. The van der Waals surface area contributed by atoms with Crippen molar-refractivity contribution in [3.63, 3.8) is 0 Å². The van der Waals surface area contributed by atoms with Crippen molar-refractivity contribution in [3.8, 4) is 27.9 Å². The maximum atomic E-state index is 2.67. The fourth-order valence-corrected chi connectivity index (χ4v) is 10.1. The fraction of sp³-hybridized carbons (Fsp3) is 0.167. The lowest BCUT2D eigenvalue weighted by atomic mass is 9.70. The molecule has 44 heavy (non-hydrogen) atoms. The van der Waals surface area contributed by atoms with Crippen molar-refractivity contribution in [2.24, 2.45) is 5.92 Å². The van der Waals surface area contributed by atoms with Gasteiger partial charge in [-0.05, 0) is 82.8 Å². The van der Waals surface area contributed by atoms with Crippen LogP contribution in [-0.2, 0) is 12.0 Å². The summed E-state index contributed by atoms with van der Waals surface area (Å²) in [6.45, 7) is 0. The molecule has 1 saturated carbocycles.